The number of methoxy groups -OCH3 is 1. The number of ether oxygens (including phenoxy) is 4. The highest BCUT2D eigenvalue weighted by atomic mass is 16.7. The Labute approximate surface area is 211 Å². The zero-order valence-corrected chi connectivity index (χ0v) is 21.4. The molecule has 4 aliphatic rings. The zero-order valence-electron chi connectivity index (χ0n) is 21.4. The van der Waals surface area contributed by atoms with Gasteiger partial charge in [-0.05, 0) is 62.5 Å². The van der Waals surface area contributed by atoms with Crippen molar-refractivity contribution in [3.63, 3.8) is 0 Å². The summed E-state index contributed by atoms with van der Waals surface area (Å²) in [5, 5.41) is 11.6. The molecule has 0 radical (unpaired) electrons. The number of carbonyl (C=O) groups excluding carboxylic acids is 4. The van der Waals surface area contributed by atoms with Gasteiger partial charge in [0.15, 0.2) is 18.0 Å². The lowest BCUT2D eigenvalue weighted by Gasteiger charge is -2.59. The molecule has 4 aliphatic carbocycles. The van der Waals surface area contributed by atoms with Crippen LogP contribution in [-0.4, -0.2) is 61.0 Å². The van der Waals surface area contributed by atoms with E-state index in [2.05, 4.69) is 11.7 Å². The minimum atomic E-state index is -1.61. The van der Waals surface area contributed by atoms with Crippen molar-refractivity contribution in [3.8, 4) is 0 Å². The van der Waals surface area contributed by atoms with Crippen molar-refractivity contribution in [1.29, 1.82) is 0 Å². The molecule has 0 aromatic carbocycles. The highest BCUT2D eigenvalue weighted by molar-refractivity contribution is 6.01. The van der Waals surface area contributed by atoms with Crippen molar-refractivity contribution in [3.05, 3.63) is 23.8 Å². The molecule has 7 atom stereocenters. The minimum absolute atomic E-state index is 0.0312. The van der Waals surface area contributed by atoms with Crippen molar-refractivity contribution >= 4 is 23.9 Å². The number of ketones is 2. The van der Waals surface area contributed by atoms with Crippen molar-refractivity contribution < 1.29 is 43.2 Å². The van der Waals surface area contributed by atoms with Gasteiger partial charge in [0.25, 0.3) is 0 Å². The summed E-state index contributed by atoms with van der Waals surface area (Å²) < 4.78 is 20.5. The van der Waals surface area contributed by atoms with Gasteiger partial charge in [0, 0.05) is 16.7 Å². The average Bonchev–Trinajstić information content (AvgIpc) is 3.13. The Balaban J connectivity index is 1.69. The predicted octanol–water partition coefficient (Wildman–Crippen LogP) is 3.92. The van der Waals surface area contributed by atoms with Crippen LogP contribution < -0.4 is 0 Å². The molecule has 3 fully saturated rings. The third kappa shape index (κ3) is 4.05. The van der Waals surface area contributed by atoms with Crippen LogP contribution in [0.2, 0.25) is 0 Å². The van der Waals surface area contributed by atoms with Crippen molar-refractivity contribution in [1.82, 2.24) is 0 Å². The number of hydrogen-bond acceptors (Lipinski definition) is 9. The van der Waals surface area contributed by atoms with Crippen LogP contribution in [0.15, 0.2) is 23.8 Å². The molecule has 4 rings (SSSR count). The Bertz CT molecular complexity index is 999. The molecule has 0 aromatic heterocycles. The summed E-state index contributed by atoms with van der Waals surface area (Å²) in [5.41, 5.74) is -1.94. The van der Waals surface area contributed by atoms with Gasteiger partial charge in [-0.1, -0.05) is 32.4 Å². The lowest BCUT2D eigenvalue weighted by atomic mass is 9.46. The Kier molecular flexibility index (Phi) is 7.07. The molecule has 0 bridgehead atoms. The zero-order chi connectivity index (χ0) is 26.3. The van der Waals surface area contributed by atoms with Gasteiger partial charge in [-0.3, -0.25) is 9.59 Å². The first-order chi connectivity index (χ1) is 17.0. The van der Waals surface area contributed by atoms with Gasteiger partial charge in [0.1, 0.15) is 0 Å². The monoisotopic (exact) mass is 504 g/mol. The molecule has 0 amide bonds. The topological polar surface area (TPSA) is 125 Å². The summed E-state index contributed by atoms with van der Waals surface area (Å²) in [7, 11) is 1.14. The molecule has 1 unspecified atom stereocenters. The normalized spacial score (nSPS) is 38.7. The van der Waals surface area contributed by atoms with Gasteiger partial charge in [-0.25, -0.2) is 9.59 Å². The van der Waals surface area contributed by atoms with E-state index in [1.165, 1.54) is 0 Å². The summed E-state index contributed by atoms with van der Waals surface area (Å²) in [4.78, 5) is 49.9. The van der Waals surface area contributed by atoms with E-state index in [4.69, 9.17) is 14.2 Å². The fraction of sp³-hybridized carbons (Fsp3) is 0.704. The Morgan fingerprint density at radius 3 is 2.58 bits per heavy atom. The maximum Gasteiger partial charge on any atom is 0.509 e. The van der Waals surface area contributed by atoms with Crippen LogP contribution in [0.4, 0.5) is 9.59 Å². The van der Waals surface area contributed by atoms with Crippen LogP contribution in [0, 0.1) is 28.6 Å². The molecule has 1 N–H and O–H groups in total. The molecule has 0 spiro atoms. The Hall–Kier alpha value is -2.68. The highest BCUT2D eigenvalue weighted by Crippen LogP contribution is 2.67. The van der Waals surface area contributed by atoms with Crippen LogP contribution in [0.1, 0.15) is 59.3 Å². The van der Waals surface area contributed by atoms with Crippen molar-refractivity contribution in [2.45, 2.75) is 71.0 Å². The van der Waals surface area contributed by atoms with Gasteiger partial charge in [-0.2, -0.15) is 0 Å². The second-order valence-corrected chi connectivity index (χ2v) is 10.9. The van der Waals surface area contributed by atoms with Crippen molar-refractivity contribution in [2.75, 3.05) is 20.3 Å². The fourth-order valence-corrected chi connectivity index (χ4v) is 7.65. The molecule has 3 saturated carbocycles. The smallest absolute Gasteiger partial charge is 0.438 e. The molecule has 36 heavy (non-hydrogen) atoms. The summed E-state index contributed by atoms with van der Waals surface area (Å²) >= 11 is 0. The summed E-state index contributed by atoms with van der Waals surface area (Å²) in [6.45, 7) is 5.34. The first-order valence-corrected chi connectivity index (χ1v) is 12.7. The predicted molar refractivity (Wildman–Crippen MR) is 127 cm³/mol. The maximum atomic E-state index is 13.6. The number of hydrogen-bond donors (Lipinski definition) is 1. The molecule has 0 heterocycles. The summed E-state index contributed by atoms with van der Waals surface area (Å²) in [6, 6.07) is 0. The molecule has 0 aliphatic heterocycles. The van der Waals surface area contributed by atoms with Crippen molar-refractivity contribution in [2.24, 2.45) is 28.6 Å². The van der Waals surface area contributed by atoms with E-state index in [1.807, 2.05) is 19.9 Å². The van der Waals surface area contributed by atoms with Crippen LogP contribution >= 0.6 is 0 Å². The first kappa shape index (κ1) is 26.4. The third-order valence-electron chi connectivity index (χ3n) is 9.24. The Morgan fingerprint density at radius 2 is 1.89 bits per heavy atom. The minimum Gasteiger partial charge on any atom is -0.438 e. The Morgan fingerprint density at radius 1 is 1.14 bits per heavy atom. The number of aliphatic hydroxyl groups excluding tert-OH is 1. The molecular formula is C27H36O9. The van der Waals surface area contributed by atoms with E-state index in [0.717, 1.165) is 25.5 Å². The standard InChI is InChI=1S/C27H36O9/c1-5-12-34-24(32)36-27(21(30)15-35-23(31)33-4)11-9-19-18-7-6-16-13-17(28)8-10-25(16,2)22(18)20(29)14-26(19,27)3/h8,10,13,18-20,22,29H,5-7,9,11-12,14-15H2,1-4H3/t18-,19-,20?,22+,25-,26-,27-/m0/s1. The van der Waals surface area contributed by atoms with Gasteiger partial charge in [-0.15, -0.1) is 0 Å². The SMILES string of the molecule is CCCOC(=O)O[C@]1(C(=O)COC(=O)OC)CC[C@H]2[C@@H]3CCC4=CC(=O)C=C[C@]4(C)[C@H]3C(O)C[C@@]21C. The number of aliphatic hydroxyl groups is 1. The van der Waals surface area contributed by atoms with E-state index in [-0.39, 0.29) is 43.0 Å². The van der Waals surface area contributed by atoms with Crippen LogP contribution in [0.25, 0.3) is 0 Å². The van der Waals surface area contributed by atoms with Gasteiger partial charge < -0.3 is 24.1 Å². The van der Waals surface area contributed by atoms with E-state index < -0.39 is 47.2 Å². The van der Waals surface area contributed by atoms with E-state index >= 15 is 0 Å². The van der Waals surface area contributed by atoms with E-state index in [1.54, 1.807) is 12.2 Å². The van der Waals surface area contributed by atoms with Crippen LogP contribution in [0.5, 0.6) is 0 Å². The molecule has 0 saturated heterocycles. The number of carbonyl (C=O) groups is 4. The first-order valence-electron chi connectivity index (χ1n) is 12.7. The second kappa shape index (κ2) is 9.65. The number of Topliss-reactive ketones (excluding diaryl/α,β-unsaturated/α-hetero) is 1. The molecular weight excluding hydrogens is 468 g/mol. The van der Waals surface area contributed by atoms with Crippen LogP contribution in [-0.2, 0) is 28.5 Å². The van der Waals surface area contributed by atoms with E-state index in [0.29, 0.717) is 12.8 Å². The fourth-order valence-electron chi connectivity index (χ4n) is 7.65. The average molecular weight is 505 g/mol. The quantitative estimate of drug-likeness (QED) is 0.536. The third-order valence-corrected chi connectivity index (χ3v) is 9.24. The van der Waals surface area contributed by atoms with Gasteiger partial charge in [0.05, 0.1) is 19.8 Å². The summed E-state index contributed by atoms with van der Waals surface area (Å²) in [6.07, 6.45) is 5.56. The second-order valence-electron chi connectivity index (χ2n) is 10.9. The largest absolute Gasteiger partial charge is 0.509 e. The number of allylic oxidation sites excluding steroid dienone is 4. The van der Waals surface area contributed by atoms with Gasteiger partial charge in [0.2, 0.25) is 5.78 Å². The van der Waals surface area contributed by atoms with Gasteiger partial charge >= 0.3 is 12.3 Å². The summed E-state index contributed by atoms with van der Waals surface area (Å²) in [5.74, 6) is -0.709. The molecule has 9 heteroatoms. The number of fused-ring (bicyclic) bond motifs is 5. The molecule has 0 aromatic rings. The molecule has 9 nitrogen and oxygen atoms in total. The lowest BCUT2D eigenvalue weighted by molar-refractivity contribution is -0.184. The highest BCUT2D eigenvalue weighted by Gasteiger charge is 2.70. The molecule has 198 valence electrons. The number of rotatable bonds is 6. The van der Waals surface area contributed by atoms with Crippen LogP contribution in [0.3, 0.4) is 0 Å². The van der Waals surface area contributed by atoms with E-state index in [9.17, 15) is 24.3 Å². The lowest BCUT2D eigenvalue weighted by Crippen LogP contribution is -2.63. The maximum absolute atomic E-state index is 13.6.